The van der Waals surface area contributed by atoms with Crippen molar-refractivity contribution >= 4 is 40.3 Å². The molecule has 0 amide bonds. The predicted molar refractivity (Wildman–Crippen MR) is 80.2 cm³/mol. The fourth-order valence-electron chi connectivity index (χ4n) is 1.86. The monoisotopic (exact) mass is 313 g/mol. The fraction of sp³-hybridized carbons (Fsp3) is 0.286. The SMILES string of the molecule is CC(=O)[C@H](Cc1ccc(Cl)cc1)Cc1ncc(Cl)s1. The molecule has 0 bridgehead atoms. The first-order chi connectivity index (χ1) is 9.04. The molecule has 0 aliphatic heterocycles. The van der Waals surface area contributed by atoms with Crippen LogP contribution in [0.2, 0.25) is 9.36 Å². The van der Waals surface area contributed by atoms with E-state index in [0.29, 0.717) is 22.2 Å². The molecule has 19 heavy (non-hydrogen) atoms. The molecule has 1 aromatic heterocycles. The molecule has 1 aromatic carbocycles. The third kappa shape index (κ3) is 4.30. The Labute approximate surface area is 126 Å². The summed E-state index contributed by atoms with van der Waals surface area (Å²) in [6.45, 7) is 1.62. The number of hydrogen-bond acceptors (Lipinski definition) is 3. The third-order valence-corrected chi connectivity index (χ3v) is 4.31. The van der Waals surface area contributed by atoms with Crippen LogP contribution in [-0.4, -0.2) is 10.8 Å². The second-order valence-electron chi connectivity index (χ2n) is 4.40. The highest BCUT2D eigenvalue weighted by Crippen LogP contribution is 2.23. The van der Waals surface area contributed by atoms with Gasteiger partial charge in [-0.15, -0.1) is 11.3 Å². The summed E-state index contributed by atoms with van der Waals surface area (Å²) in [5.74, 6) is 0.102. The molecule has 1 atom stereocenters. The zero-order valence-electron chi connectivity index (χ0n) is 10.4. The lowest BCUT2D eigenvalue weighted by atomic mass is 9.93. The molecular formula is C14H13Cl2NOS. The van der Waals surface area contributed by atoms with Crippen LogP contribution in [0.1, 0.15) is 17.5 Å². The summed E-state index contributed by atoms with van der Waals surface area (Å²) in [4.78, 5) is 16.0. The minimum absolute atomic E-state index is 0.0663. The molecule has 0 fully saturated rings. The number of ketones is 1. The van der Waals surface area contributed by atoms with Crippen LogP contribution >= 0.6 is 34.5 Å². The highest BCUT2D eigenvalue weighted by atomic mass is 35.5. The number of carbonyl (C=O) groups excluding carboxylic acids is 1. The van der Waals surface area contributed by atoms with Crippen LogP contribution in [0, 0.1) is 5.92 Å². The number of hydrogen-bond donors (Lipinski definition) is 0. The van der Waals surface area contributed by atoms with Gasteiger partial charge in [0.1, 0.15) is 10.1 Å². The van der Waals surface area contributed by atoms with Crippen molar-refractivity contribution in [2.45, 2.75) is 19.8 Å². The summed E-state index contributed by atoms with van der Waals surface area (Å²) in [7, 11) is 0. The lowest BCUT2D eigenvalue weighted by molar-refractivity contribution is -0.120. The Kier molecular flexibility index (Phi) is 4.97. The summed E-state index contributed by atoms with van der Waals surface area (Å²) < 4.78 is 0.656. The number of carbonyl (C=O) groups is 1. The molecule has 0 N–H and O–H groups in total. The normalized spacial score (nSPS) is 12.4. The van der Waals surface area contributed by atoms with Gasteiger partial charge in [0.15, 0.2) is 0 Å². The zero-order chi connectivity index (χ0) is 13.8. The Hall–Kier alpha value is -0.900. The first-order valence-corrected chi connectivity index (χ1v) is 7.47. The van der Waals surface area contributed by atoms with Gasteiger partial charge in [-0.25, -0.2) is 4.98 Å². The molecule has 100 valence electrons. The largest absolute Gasteiger partial charge is 0.300 e. The summed E-state index contributed by atoms with van der Waals surface area (Å²) in [5.41, 5.74) is 1.10. The fourth-order valence-corrected chi connectivity index (χ4v) is 3.02. The Morgan fingerprint density at radius 3 is 2.47 bits per heavy atom. The van der Waals surface area contributed by atoms with Crippen molar-refractivity contribution in [3.05, 3.63) is 50.4 Å². The molecule has 0 saturated heterocycles. The van der Waals surface area contributed by atoms with Crippen LogP contribution in [0.5, 0.6) is 0 Å². The van der Waals surface area contributed by atoms with E-state index in [1.807, 2.05) is 24.3 Å². The van der Waals surface area contributed by atoms with Gasteiger partial charge in [-0.05, 0) is 31.0 Å². The number of rotatable bonds is 5. The second kappa shape index (κ2) is 6.51. The number of benzene rings is 1. The van der Waals surface area contributed by atoms with E-state index in [2.05, 4.69) is 4.98 Å². The molecule has 0 aliphatic carbocycles. The molecule has 0 radical (unpaired) electrons. The summed E-state index contributed by atoms with van der Waals surface area (Å²) in [5, 5.41) is 1.61. The number of nitrogens with zero attached hydrogens (tertiary/aromatic N) is 1. The smallest absolute Gasteiger partial charge is 0.133 e. The lowest BCUT2D eigenvalue weighted by Gasteiger charge is -2.12. The van der Waals surface area contributed by atoms with Crippen LogP contribution in [0.4, 0.5) is 0 Å². The van der Waals surface area contributed by atoms with Crippen LogP contribution in [0.3, 0.4) is 0 Å². The van der Waals surface area contributed by atoms with Crippen molar-refractivity contribution < 1.29 is 4.79 Å². The van der Waals surface area contributed by atoms with E-state index in [0.717, 1.165) is 10.6 Å². The van der Waals surface area contributed by atoms with E-state index in [1.165, 1.54) is 11.3 Å². The predicted octanol–water partition coefficient (Wildman–Crippen LogP) is 4.44. The van der Waals surface area contributed by atoms with E-state index in [9.17, 15) is 4.79 Å². The van der Waals surface area contributed by atoms with E-state index in [-0.39, 0.29) is 11.7 Å². The summed E-state index contributed by atoms with van der Waals surface area (Å²) >= 11 is 13.1. The van der Waals surface area contributed by atoms with Crippen LogP contribution < -0.4 is 0 Å². The average molecular weight is 314 g/mol. The van der Waals surface area contributed by atoms with Gasteiger partial charge in [-0.1, -0.05) is 35.3 Å². The Morgan fingerprint density at radius 1 is 1.26 bits per heavy atom. The number of thiazole rings is 1. The molecule has 2 aromatic rings. The zero-order valence-corrected chi connectivity index (χ0v) is 12.7. The minimum atomic E-state index is -0.0663. The maximum absolute atomic E-state index is 11.7. The van der Waals surface area contributed by atoms with Crippen molar-refractivity contribution in [3.8, 4) is 0 Å². The van der Waals surface area contributed by atoms with Crippen LogP contribution in [0.25, 0.3) is 0 Å². The van der Waals surface area contributed by atoms with Crippen molar-refractivity contribution in [2.24, 2.45) is 5.92 Å². The van der Waals surface area contributed by atoms with Crippen LogP contribution in [0.15, 0.2) is 30.5 Å². The van der Waals surface area contributed by atoms with Gasteiger partial charge in [0.05, 0.1) is 11.2 Å². The van der Waals surface area contributed by atoms with Crippen LogP contribution in [-0.2, 0) is 17.6 Å². The molecule has 2 nitrogen and oxygen atoms in total. The van der Waals surface area contributed by atoms with Crippen molar-refractivity contribution in [2.75, 3.05) is 0 Å². The summed E-state index contributed by atoms with van der Waals surface area (Å²) in [6.07, 6.45) is 2.96. The maximum Gasteiger partial charge on any atom is 0.133 e. The number of aromatic nitrogens is 1. The topological polar surface area (TPSA) is 30.0 Å². The van der Waals surface area contributed by atoms with Gasteiger partial charge in [0.2, 0.25) is 0 Å². The average Bonchev–Trinajstić information content (AvgIpc) is 2.76. The lowest BCUT2D eigenvalue weighted by Crippen LogP contribution is -2.16. The van der Waals surface area contributed by atoms with E-state index < -0.39 is 0 Å². The molecule has 5 heteroatoms. The van der Waals surface area contributed by atoms with Gasteiger partial charge in [-0.3, -0.25) is 4.79 Å². The number of halogens is 2. The quantitative estimate of drug-likeness (QED) is 0.816. The van der Waals surface area contributed by atoms with Gasteiger partial charge in [0.25, 0.3) is 0 Å². The molecular weight excluding hydrogens is 301 g/mol. The van der Waals surface area contributed by atoms with Gasteiger partial charge in [-0.2, -0.15) is 0 Å². The molecule has 0 saturated carbocycles. The maximum atomic E-state index is 11.7. The molecule has 0 unspecified atom stereocenters. The highest BCUT2D eigenvalue weighted by molar-refractivity contribution is 7.15. The van der Waals surface area contributed by atoms with E-state index in [4.69, 9.17) is 23.2 Å². The van der Waals surface area contributed by atoms with Gasteiger partial charge < -0.3 is 0 Å². The van der Waals surface area contributed by atoms with Gasteiger partial charge >= 0.3 is 0 Å². The van der Waals surface area contributed by atoms with E-state index >= 15 is 0 Å². The first kappa shape index (κ1) is 14.5. The molecule has 0 spiro atoms. The second-order valence-corrected chi connectivity index (χ2v) is 6.58. The Morgan fingerprint density at radius 2 is 1.95 bits per heavy atom. The Balaban J connectivity index is 2.08. The summed E-state index contributed by atoms with van der Waals surface area (Å²) in [6, 6.07) is 7.59. The molecule has 1 heterocycles. The van der Waals surface area contributed by atoms with Gasteiger partial charge in [0, 0.05) is 17.4 Å². The third-order valence-electron chi connectivity index (χ3n) is 2.92. The molecule has 2 rings (SSSR count). The highest BCUT2D eigenvalue weighted by Gasteiger charge is 2.17. The van der Waals surface area contributed by atoms with E-state index in [1.54, 1.807) is 13.1 Å². The van der Waals surface area contributed by atoms with Crippen molar-refractivity contribution in [1.82, 2.24) is 4.98 Å². The first-order valence-electron chi connectivity index (χ1n) is 5.89. The van der Waals surface area contributed by atoms with Crippen molar-refractivity contribution in [1.29, 1.82) is 0 Å². The minimum Gasteiger partial charge on any atom is -0.300 e. The van der Waals surface area contributed by atoms with Crippen molar-refractivity contribution in [3.63, 3.8) is 0 Å². The Bertz CT molecular complexity index is 565. The molecule has 0 aliphatic rings. The standard InChI is InChI=1S/C14H13Cl2NOS/c1-9(18)11(7-14-17-8-13(16)19-14)6-10-2-4-12(15)5-3-10/h2-5,8,11H,6-7H2,1H3/t11-/m1/s1. The number of Topliss-reactive ketones (excluding diaryl/α,β-unsaturated/α-hetero) is 1.